The van der Waals surface area contributed by atoms with E-state index in [-0.39, 0.29) is 5.91 Å². The predicted octanol–water partition coefficient (Wildman–Crippen LogP) is 3.58. The molecule has 2 aromatic heterocycles. The summed E-state index contributed by atoms with van der Waals surface area (Å²) in [6.07, 6.45) is 2.46. The molecule has 0 aliphatic carbocycles. The Morgan fingerprint density at radius 3 is 2.78 bits per heavy atom. The molecule has 3 rings (SSSR count). The minimum Gasteiger partial charge on any atom is -0.336 e. The summed E-state index contributed by atoms with van der Waals surface area (Å²) in [5.74, 6) is -0.0225. The number of fused-ring (bicyclic) bond motifs is 1. The SMILES string of the molecule is CCCN(Cc1ccccc1)C(=O)c1cnc2onc(C)c2c1. The van der Waals surface area contributed by atoms with Gasteiger partial charge in [-0.3, -0.25) is 4.79 Å². The van der Waals surface area contributed by atoms with Crippen LogP contribution in [0.15, 0.2) is 47.1 Å². The van der Waals surface area contributed by atoms with Gasteiger partial charge in [0.2, 0.25) is 0 Å². The first-order valence-electron chi connectivity index (χ1n) is 7.74. The summed E-state index contributed by atoms with van der Waals surface area (Å²) in [5.41, 5.74) is 2.88. The average Bonchev–Trinajstić information content (AvgIpc) is 2.95. The van der Waals surface area contributed by atoms with Crippen LogP contribution < -0.4 is 0 Å². The average molecular weight is 309 g/mol. The van der Waals surface area contributed by atoms with Crippen molar-refractivity contribution in [2.24, 2.45) is 0 Å². The van der Waals surface area contributed by atoms with E-state index in [0.717, 1.165) is 23.1 Å². The van der Waals surface area contributed by atoms with E-state index in [9.17, 15) is 4.79 Å². The number of carbonyl (C=O) groups is 1. The number of benzene rings is 1. The molecule has 0 bridgehead atoms. The van der Waals surface area contributed by atoms with Gasteiger partial charge in [0.25, 0.3) is 11.6 Å². The third kappa shape index (κ3) is 3.23. The highest BCUT2D eigenvalue weighted by atomic mass is 16.5. The van der Waals surface area contributed by atoms with Crippen molar-refractivity contribution in [2.75, 3.05) is 6.54 Å². The first kappa shape index (κ1) is 15.2. The van der Waals surface area contributed by atoms with Gasteiger partial charge in [-0.05, 0) is 25.0 Å². The maximum absolute atomic E-state index is 12.9. The summed E-state index contributed by atoms with van der Waals surface area (Å²) in [4.78, 5) is 18.9. The molecule has 0 aliphatic heterocycles. The molecule has 0 saturated carbocycles. The summed E-state index contributed by atoms with van der Waals surface area (Å²) in [7, 11) is 0. The molecule has 0 spiro atoms. The monoisotopic (exact) mass is 309 g/mol. The lowest BCUT2D eigenvalue weighted by molar-refractivity contribution is 0.0743. The summed E-state index contributed by atoms with van der Waals surface area (Å²) in [6.45, 7) is 5.20. The lowest BCUT2D eigenvalue weighted by Crippen LogP contribution is -2.31. The van der Waals surface area contributed by atoms with Gasteiger partial charge in [-0.1, -0.05) is 42.4 Å². The maximum Gasteiger partial charge on any atom is 0.257 e. The molecule has 1 aromatic carbocycles. The number of aromatic nitrogens is 2. The van der Waals surface area contributed by atoms with E-state index < -0.39 is 0 Å². The fourth-order valence-electron chi connectivity index (χ4n) is 2.57. The van der Waals surface area contributed by atoms with Crippen molar-refractivity contribution in [3.63, 3.8) is 0 Å². The zero-order chi connectivity index (χ0) is 16.2. The Labute approximate surface area is 134 Å². The molecule has 118 valence electrons. The minimum absolute atomic E-state index is 0.0225. The third-order valence-electron chi connectivity index (χ3n) is 3.75. The Bertz CT molecular complexity index is 812. The van der Waals surface area contributed by atoms with Gasteiger partial charge in [-0.15, -0.1) is 0 Å². The van der Waals surface area contributed by atoms with E-state index in [1.54, 1.807) is 6.20 Å². The largest absolute Gasteiger partial charge is 0.336 e. The van der Waals surface area contributed by atoms with Gasteiger partial charge >= 0.3 is 0 Å². The summed E-state index contributed by atoms with van der Waals surface area (Å²) >= 11 is 0. The van der Waals surface area contributed by atoms with Crippen LogP contribution in [-0.4, -0.2) is 27.5 Å². The van der Waals surface area contributed by atoms with Gasteiger partial charge in [0.1, 0.15) is 0 Å². The molecular formula is C18H19N3O2. The second-order valence-electron chi connectivity index (χ2n) is 5.56. The minimum atomic E-state index is -0.0225. The molecule has 0 saturated heterocycles. The quantitative estimate of drug-likeness (QED) is 0.722. The van der Waals surface area contributed by atoms with Crippen LogP contribution in [0.5, 0.6) is 0 Å². The van der Waals surface area contributed by atoms with E-state index >= 15 is 0 Å². The smallest absolute Gasteiger partial charge is 0.257 e. The number of rotatable bonds is 5. The van der Waals surface area contributed by atoms with Gasteiger partial charge in [-0.2, -0.15) is 0 Å². The number of carbonyl (C=O) groups excluding carboxylic acids is 1. The third-order valence-corrected chi connectivity index (χ3v) is 3.75. The van der Waals surface area contributed by atoms with Crippen molar-refractivity contribution in [3.05, 3.63) is 59.4 Å². The van der Waals surface area contributed by atoms with Crippen molar-refractivity contribution in [1.29, 1.82) is 0 Å². The van der Waals surface area contributed by atoms with Crippen LogP contribution in [0.3, 0.4) is 0 Å². The van der Waals surface area contributed by atoms with Gasteiger partial charge in [0.15, 0.2) is 0 Å². The highest BCUT2D eigenvalue weighted by molar-refractivity contribution is 5.97. The second-order valence-corrected chi connectivity index (χ2v) is 5.56. The number of nitrogens with zero attached hydrogens (tertiary/aromatic N) is 3. The molecular weight excluding hydrogens is 290 g/mol. The lowest BCUT2D eigenvalue weighted by Gasteiger charge is -2.22. The molecule has 3 aromatic rings. The fourth-order valence-corrected chi connectivity index (χ4v) is 2.57. The van der Waals surface area contributed by atoms with Gasteiger partial charge < -0.3 is 9.42 Å². The van der Waals surface area contributed by atoms with E-state index in [4.69, 9.17) is 4.52 Å². The Morgan fingerprint density at radius 2 is 2.04 bits per heavy atom. The molecule has 0 aliphatic rings. The van der Waals surface area contributed by atoms with Crippen molar-refractivity contribution >= 4 is 17.0 Å². The number of aryl methyl sites for hydroxylation is 1. The topological polar surface area (TPSA) is 59.2 Å². The number of amides is 1. The van der Waals surface area contributed by atoms with Gasteiger partial charge in [0, 0.05) is 19.3 Å². The summed E-state index contributed by atoms with van der Waals surface area (Å²) < 4.78 is 5.10. The van der Waals surface area contributed by atoms with Crippen molar-refractivity contribution < 1.29 is 9.32 Å². The van der Waals surface area contributed by atoms with Crippen molar-refractivity contribution in [1.82, 2.24) is 15.0 Å². The molecule has 2 heterocycles. The molecule has 23 heavy (non-hydrogen) atoms. The molecule has 1 amide bonds. The first-order chi connectivity index (χ1) is 11.2. The van der Waals surface area contributed by atoms with Crippen molar-refractivity contribution in [2.45, 2.75) is 26.8 Å². The molecule has 5 heteroatoms. The Balaban J connectivity index is 1.88. The molecule has 0 radical (unpaired) electrons. The number of hydrogen-bond donors (Lipinski definition) is 0. The van der Waals surface area contributed by atoms with Crippen LogP contribution in [0.2, 0.25) is 0 Å². The number of hydrogen-bond acceptors (Lipinski definition) is 4. The molecule has 0 N–H and O–H groups in total. The van der Waals surface area contributed by atoms with E-state index in [1.165, 1.54) is 0 Å². The Kier molecular flexibility index (Phi) is 4.37. The zero-order valence-electron chi connectivity index (χ0n) is 13.3. The van der Waals surface area contributed by atoms with E-state index in [1.807, 2.05) is 48.2 Å². The highest BCUT2D eigenvalue weighted by Crippen LogP contribution is 2.18. The second kappa shape index (κ2) is 6.60. The van der Waals surface area contributed by atoms with Crippen LogP contribution in [0.4, 0.5) is 0 Å². The summed E-state index contributed by atoms with van der Waals surface area (Å²) in [5, 5.41) is 4.67. The Hall–Kier alpha value is -2.69. The predicted molar refractivity (Wildman–Crippen MR) is 88.0 cm³/mol. The first-order valence-corrected chi connectivity index (χ1v) is 7.74. The van der Waals surface area contributed by atoms with Crippen LogP contribution in [0.25, 0.3) is 11.1 Å². The Morgan fingerprint density at radius 1 is 1.26 bits per heavy atom. The molecule has 0 atom stereocenters. The lowest BCUT2D eigenvalue weighted by atomic mass is 10.1. The highest BCUT2D eigenvalue weighted by Gasteiger charge is 2.18. The van der Waals surface area contributed by atoms with E-state index in [2.05, 4.69) is 17.1 Å². The van der Waals surface area contributed by atoms with Gasteiger partial charge in [-0.25, -0.2) is 4.98 Å². The fraction of sp³-hybridized carbons (Fsp3) is 0.278. The maximum atomic E-state index is 12.9. The van der Waals surface area contributed by atoms with Crippen molar-refractivity contribution in [3.8, 4) is 0 Å². The van der Waals surface area contributed by atoms with E-state index in [0.29, 0.717) is 24.4 Å². The normalized spacial score (nSPS) is 10.9. The molecule has 0 fully saturated rings. The van der Waals surface area contributed by atoms with Crippen LogP contribution >= 0.6 is 0 Å². The molecule has 5 nitrogen and oxygen atoms in total. The zero-order valence-corrected chi connectivity index (χ0v) is 13.3. The van der Waals surface area contributed by atoms with Crippen LogP contribution in [0, 0.1) is 6.92 Å². The summed E-state index contributed by atoms with van der Waals surface area (Å²) in [6, 6.07) is 11.8. The number of pyridine rings is 1. The standard InChI is InChI=1S/C18H19N3O2/c1-3-9-21(12-14-7-5-4-6-8-14)18(22)15-10-16-13(2)20-23-17(16)19-11-15/h4-8,10-11H,3,9,12H2,1-2H3. The van der Waals surface area contributed by atoms with Gasteiger partial charge in [0.05, 0.1) is 16.6 Å². The van der Waals surface area contributed by atoms with Crippen LogP contribution in [-0.2, 0) is 6.54 Å². The molecule has 0 unspecified atom stereocenters. The van der Waals surface area contributed by atoms with Crippen LogP contribution in [0.1, 0.15) is 35.0 Å².